The van der Waals surface area contributed by atoms with Gasteiger partial charge in [0.1, 0.15) is 0 Å². The molecule has 0 fully saturated rings. The van der Waals surface area contributed by atoms with Crippen molar-refractivity contribution in [2.24, 2.45) is 0 Å². The first-order valence-corrected chi connectivity index (χ1v) is 39.6. The maximum atomic E-state index is 2.63. The van der Waals surface area contributed by atoms with Gasteiger partial charge in [-0.2, -0.15) is 0 Å². The van der Waals surface area contributed by atoms with Crippen molar-refractivity contribution in [3.63, 3.8) is 0 Å². The second kappa shape index (κ2) is 17.6. The molecular weight excluding hydrogens is 886 g/mol. The van der Waals surface area contributed by atoms with Crippen LogP contribution < -0.4 is 24.8 Å². The van der Waals surface area contributed by atoms with Crippen molar-refractivity contribution >= 4 is 36.2 Å². The van der Waals surface area contributed by atoms with E-state index in [0.717, 1.165) is 14.5 Å². The van der Waals surface area contributed by atoms with Crippen molar-refractivity contribution in [1.29, 1.82) is 0 Å². The van der Waals surface area contributed by atoms with Gasteiger partial charge in [0.15, 0.2) is 0 Å². The molecule has 6 heteroatoms. The van der Waals surface area contributed by atoms with Crippen LogP contribution in [0.25, 0.3) is 24.3 Å². The molecule has 280 valence electrons. The molecule has 0 saturated heterocycles. The molecule has 0 aliphatic heterocycles. The van der Waals surface area contributed by atoms with Gasteiger partial charge in [-0.25, -0.2) is 0 Å². The molecule has 0 amide bonds. The van der Waals surface area contributed by atoms with Gasteiger partial charge in [-0.15, -0.1) is 0 Å². The minimum atomic E-state index is -1.74. The Morgan fingerprint density at radius 1 is 0.333 bits per heavy atom. The molecule has 4 atom stereocenters. The monoisotopic (exact) mass is 940 g/mol. The summed E-state index contributed by atoms with van der Waals surface area (Å²) < 4.78 is 3.05. The number of benzene rings is 4. The third-order valence-electron chi connectivity index (χ3n) is 12.7. The molecule has 0 N–H and O–H groups in total. The van der Waals surface area contributed by atoms with Crippen molar-refractivity contribution in [3.8, 4) is 0 Å². The van der Waals surface area contributed by atoms with E-state index in [4.69, 9.17) is 0 Å². The van der Waals surface area contributed by atoms with Gasteiger partial charge in [-0.05, 0) is 0 Å². The van der Waals surface area contributed by atoms with E-state index in [1.807, 2.05) is 0 Å². The summed E-state index contributed by atoms with van der Waals surface area (Å²) in [6, 6.07) is 18.6. The molecule has 4 aromatic rings. The summed E-state index contributed by atoms with van der Waals surface area (Å²) in [5, 5.41) is 0. The first kappa shape index (κ1) is 43.7. The van der Waals surface area contributed by atoms with E-state index in [2.05, 4.69) is 179 Å². The first-order chi connectivity index (χ1) is 24.8. The van der Waals surface area contributed by atoms with Gasteiger partial charge >= 0.3 is 336 Å². The van der Waals surface area contributed by atoms with Crippen molar-refractivity contribution in [1.82, 2.24) is 0 Å². The average Bonchev–Trinajstić information content (AvgIpc) is 3.92. The van der Waals surface area contributed by atoms with Crippen LogP contribution in [0.15, 0.2) is 72.8 Å². The number of hydrogen-bond acceptors (Lipinski definition) is 0. The fourth-order valence-electron chi connectivity index (χ4n) is 10.0. The number of hydrogen-bond donors (Lipinski definition) is 0. The molecule has 4 aliphatic carbocycles. The number of aryl methyl sites for hydroxylation is 8. The molecule has 4 aromatic carbocycles. The van der Waals surface area contributed by atoms with Gasteiger partial charge in [0.05, 0.1) is 0 Å². The summed E-state index contributed by atoms with van der Waals surface area (Å²) in [5.41, 5.74) is 24.7. The van der Waals surface area contributed by atoms with Gasteiger partial charge < -0.3 is 24.8 Å². The number of allylic oxidation sites excluding steroid dienone is 4. The van der Waals surface area contributed by atoms with Gasteiger partial charge in [0.2, 0.25) is 0 Å². The van der Waals surface area contributed by atoms with Crippen LogP contribution in [0.3, 0.4) is 0 Å². The third kappa shape index (κ3) is 7.77. The topological polar surface area (TPSA) is 0 Å². The molecule has 54 heavy (non-hydrogen) atoms. The summed E-state index contributed by atoms with van der Waals surface area (Å²) >= 11 is -3.49. The Morgan fingerprint density at radius 3 is 0.704 bits per heavy atom. The molecule has 0 radical (unpaired) electrons. The molecule has 4 unspecified atom stereocenters. The first-order valence-electron chi connectivity index (χ1n) is 19.7. The normalized spacial score (nSPS) is 19.2. The Labute approximate surface area is 357 Å². The van der Waals surface area contributed by atoms with E-state index < -0.39 is 53.7 Å². The quantitative estimate of drug-likeness (QED) is 0.189. The summed E-state index contributed by atoms with van der Waals surface area (Å²) in [4.78, 5) is 0. The molecule has 0 heterocycles. The van der Waals surface area contributed by atoms with E-state index in [9.17, 15) is 0 Å². The summed E-state index contributed by atoms with van der Waals surface area (Å²) in [5.74, 6) is -1.38. The largest absolute Gasteiger partial charge is 1.00 e. The van der Waals surface area contributed by atoms with E-state index in [-0.39, 0.29) is 24.8 Å². The second-order valence-corrected chi connectivity index (χ2v) is 57.3. The van der Waals surface area contributed by atoms with Crippen LogP contribution in [0.5, 0.6) is 0 Å². The predicted octanol–water partition coefficient (Wildman–Crippen LogP) is 6.72. The number of rotatable bonds is 6. The fraction of sp³-hybridized carbons (Fsp3) is 0.333. The van der Waals surface area contributed by atoms with Crippen LogP contribution in [-0.2, 0) is 41.8 Å². The van der Waals surface area contributed by atoms with Gasteiger partial charge in [-0.1, -0.05) is 0 Å². The van der Waals surface area contributed by atoms with Crippen LogP contribution in [-0.4, -0.2) is 11.8 Å². The zero-order valence-electron chi connectivity index (χ0n) is 34.5. The fourth-order valence-corrected chi connectivity index (χ4v) is 52.8. The smallest absolute Gasteiger partial charge is 1.00 e. The predicted molar refractivity (Wildman–Crippen MR) is 229 cm³/mol. The summed E-state index contributed by atoms with van der Waals surface area (Å²) in [7, 11) is 0. The van der Waals surface area contributed by atoms with E-state index in [0.29, 0.717) is 0 Å². The third-order valence-corrected chi connectivity index (χ3v) is 55.3. The van der Waals surface area contributed by atoms with Crippen molar-refractivity contribution < 1.29 is 66.6 Å². The van der Waals surface area contributed by atoms with Crippen LogP contribution >= 0.6 is 0 Å². The zero-order valence-corrected chi connectivity index (χ0v) is 43.2. The zero-order chi connectivity index (χ0) is 37.2. The van der Waals surface area contributed by atoms with Gasteiger partial charge in [0.25, 0.3) is 0 Å². The summed E-state index contributed by atoms with van der Waals surface area (Å²) in [6.45, 7) is 28.9. The molecule has 0 spiro atoms. The Kier molecular flexibility index (Phi) is 14.3. The second-order valence-electron chi connectivity index (χ2n) is 16.8. The SMILES string of the molecule is Cc1ccc(C)c2c1C=C[CH]2[Zr+]([CH]1C=Cc2c(C)ccc(C)c21)[SiH](C)C.Cc1ccc(C)c2c1C=C[CH]2[Zr+]([CH]1C=Cc2c(C)ccc(C)c21)[SiH](C)C.[Cl-].[Cl-]. The number of fused-ring (bicyclic) bond motifs is 4. The Balaban J connectivity index is 0.000000200. The van der Waals surface area contributed by atoms with Crippen LogP contribution in [0, 0.1) is 55.4 Å². The Hall–Kier alpha value is -1.38. The van der Waals surface area contributed by atoms with Crippen LogP contribution in [0.2, 0.25) is 26.2 Å². The molecule has 0 bridgehead atoms. The Morgan fingerprint density at radius 2 is 0.519 bits per heavy atom. The van der Waals surface area contributed by atoms with Gasteiger partial charge in [0, 0.05) is 0 Å². The molecule has 0 aromatic heterocycles. The molecule has 0 saturated carbocycles. The van der Waals surface area contributed by atoms with Crippen molar-refractivity contribution in [2.45, 2.75) is 96.1 Å². The van der Waals surface area contributed by atoms with E-state index in [1.165, 1.54) is 66.8 Å². The van der Waals surface area contributed by atoms with Crippen molar-refractivity contribution in [2.75, 3.05) is 0 Å². The number of halogens is 2. The van der Waals surface area contributed by atoms with Crippen LogP contribution in [0.4, 0.5) is 0 Å². The summed E-state index contributed by atoms with van der Waals surface area (Å²) in [6.07, 6.45) is 20.2. The van der Waals surface area contributed by atoms with E-state index >= 15 is 0 Å². The van der Waals surface area contributed by atoms with E-state index in [1.54, 1.807) is 22.3 Å². The maximum absolute atomic E-state index is 2.63. The molecular formula is C48H58Cl2Si2Zr2. The molecule has 4 aliphatic rings. The van der Waals surface area contributed by atoms with Gasteiger partial charge in [-0.3, -0.25) is 0 Å². The maximum Gasteiger partial charge on any atom is -1.00 e. The molecule has 8 rings (SSSR count). The standard InChI is InChI=1S/4C11H11.2C2H7Si.2ClH.2Zr/c4*1-8-6-7-9(2)11-5-3-4-10(8)11;2*1-3-2;;;;/h4*3-7H,1-2H3;2*3H,1-2H3;2*1H;;/q;;;;;;;;2*+1/p-2. The average molecular weight is 945 g/mol. The van der Waals surface area contributed by atoms with Crippen molar-refractivity contribution in [3.05, 3.63) is 162 Å². The van der Waals surface area contributed by atoms with Crippen LogP contribution in [0.1, 0.15) is 104 Å². The molecule has 0 nitrogen and oxygen atoms in total. The minimum Gasteiger partial charge on any atom is -1.00 e. The minimum absolute atomic E-state index is 0. The Bertz CT molecular complexity index is 1890.